The molecule has 0 amide bonds. The third kappa shape index (κ3) is 5.77. The number of nitrogens with one attached hydrogen (secondary N) is 1. The van der Waals surface area contributed by atoms with E-state index in [1.807, 2.05) is 42.5 Å². The highest BCUT2D eigenvalue weighted by atomic mass is 16.5. The van der Waals surface area contributed by atoms with Crippen molar-refractivity contribution < 1.29 is 9.84 Å². The number of hydrogen-bond donors (Lipinski definition) is 2. The smallest absolute Gasteiger partial charge is 0.151 e. The van der Waals surface area contributed by atoms with Gasteiger partial charge >= 0.3 is 0 Å². The lowest BCUT2D eigenvalue weighted by Crippen LogP contribution is -2.48. The van der Waals surface area contributed by atoms with E-state index >= 15 is 0 Å². The minimum absolute atomic E-state index is 0.336. The third-order valence-corrected chi connectivity index (χ3v) is 4.37. The Kier molecular flexibility index (Phi) is 6.73. The normalized spacial score (nSPS) is 18.9. The number of anilines is 1. The van der Waals surface area contributed by atoms with Crippen molar-refractivity contribution in [1.29, 1.82) is 0 Å². The van der Waals surface area contributed by atoms with E-state index in [0.29, 0.717) is 25.8 Å². The standard InChI is InChI=1S/C19H26N4O2/c24-18(15-25-14-16-6-2-1-3-7-16)12-20-17-8-5-11-23(13-17)19-9-4-10-21-22-19/h1-4,6-7,9-10,17-18,20,24H,5,8,11-15H2. The Morgan fingerprint density at radius 1 is 1.24 bits per heavy atom. The molecule has 0 radical (unpaired) electrons. The second kappa shape index (κ2) is 9.46. The van der Waals surface area contributed by atoms with Gasteiger partial charge in [-0.15, -0.1) is 5.10 Å². The van der Waals surface area contributed by atoms with Gasteiger partial charge in [-0.1, -0.05) is 30.3 Å². The van der Waals surface area contributed by atoms with Crippen LogP contribution in [0.25, 0.3) is 0 Å². The number of piperidine rings is 1. The van der Waals surface area contributed by atoms with Crippen LogP contribution in [0.1, 0.15) is 18.4 Å². The Hall–Kier alpha value is -2.02. The number of benzene rings is 1. The van der Waals surface area contributed by atoms with Gasteiger partial charge in [-0.25, -0.2) is 0 Å². The van der Waals surface area contributed by atoms with Gasteiger partial charge in [0, 0.05) is 31.9 Å². The van der Waals surface area contributed by atoms with Gasteiger partial charge in [0.25, 0.3) is 0 Å². The highest BCUT2D eigenvalue weighted by Crippen LogP contribution is 2.16. The van der Waals surface area contributed by atoms with Crippen LogP contribution in [0.4, 0.5) is 5.82 Å². The summed E-state index contributed by atoms with van der Waals surface area (Å²) in [5.41, 5.74) is 1.12. The Balaban J connectivity index is 1.36. The molecule has 3 rings (SSSR count). The Morgan fingerprint density at radius 2 is 2.12 bits per heavy atom. The fourth-order valence-electron chi connectivity index (χ4n) is 3.06. The number of ether oxygens (including phenoxy) is 1. The Labute approximate surface area is 148 Å². The lowest BCUT2D eigenvalue weighted by atomic mass is 10.1. The summed E-state index contributed by atoms with van der Waals surface area (Å²) in [6.07, 6.45) is 3.40. The summed E-state index contributed by atoms with van der Waals surface area (Å²) < 4.78 is 5.59. The highest BCUT2D eigenvalue weighted by molar-refractivity contribution is 5.37. The van der Waals surface area contributed by atoms with E-state index in [9.17, 15) is 5.11 Å². The zero-order valence-corrected chi connectivity index (χ0v) is 14.4. The minimum Gasteiger partial charge on any atom is -0.389 e. The van der Waals surface area contributed by atoms with Crippen molar-refractivity contribution in [3.05, 3.63) is 54.2 Å². The summed E-state index contributed by atoms with van der Waals surface area (Å²) in [6.45, 7) is 3.29. The largest absolute Gasteiger partial charge is 0.389 e. The van der Waals surface area contributed by atoms with Crippen LogP contribution in [-0.4, -0.2) is 53.7 Å². The monoisotopic (exact) mass is 342 g/mol. The molecule has 1 aliphatic rings. The molecular weight excluding hydrogens is 316 g/mol. The lowest BCUT2D eigenvalue weighted by Gasteiger charge is -2.34. The average molecular weight is 342 g/mol. The molecule has 134 valence electrons. The Morgan fingerprint density at radius 3 is 2.92 bits per heavy atom. The summed E-state index contributed by atoms with van der Waals surface area (Å²) in [6, 6.07) is 14.2. The van der Waals surface area contributed by atoms with Crippen LogP contribution >= 0.6 is 0 Å². The maximum Gasteiger partial charge on any atom is 0.151 e. The van der Waals surface area contributed by atoms with E-state index in [-0.39, 0.29) is 0 Å². The zero-order chi connectivity index (χ0) is 17.3. The second-order valence-corrected chi connectivity index (χ2v) is 6.43. The van der Waals surface area contributed by atoms with E-state index in [0.717, 1.165) is 37.3 Å². The molecule has 2 atom stereocenters. The number of rotatable bonds is 8. The summed E-state index contributed by atoms with van der Waals surface area (Å²) in [7, 11) is 0. The van der Waals surface area contributed by atoms with Gasteiger partial charge in [0.05, 0.1) is 19.3 Å². The first kappa shape index (κ1) is 17.8. The van der Waals surface area contributed by atoms with Crippen molar-refractivity contribution >= 4 is 5.82 Å². The first-order chi connectivity index (χ1) is 12.3. The van der Waals surface area contributed by atoms with Crippen molar-refractivity contribution in [3.8, 4) is 0 Å². The molecule has 1 fully saturated rings. The van der Waals surface area contributed by atoms with Crippen molar-refractivity contribution in [1.82, 2.24) is 15.5 Å². The molecule has 0 saturated carbocycles. The van der Waals surface area contributed by atoms with Crippen LogP contribution in [0, 0.1) is 0 Å². The predicted molar refractivity (Wildman–Crippen MR) is 97.4 cm³/mol. The molecule has 1 aromatic heterocycles. The van der Waals surface area contributed by atoms with Crippen LogP contribution in [0.5, 0.6) is 0 Å². The zero-order valence-electron chi connectivity index (χ0n) is 14.4. The molecule has 6 heteroatoms. The molecule has 2 unspecified atom stereocenters. The molecule has 0 bridgehead atoms. The lowest BCUT2D eigenvalue weighted by molar-refractivity contribution is 0.0274. The molecule has 2 aromatic rings. The number of hydrogen-bond acceptors (Lipinski definition) is 6. The van der Waals surface area contributed by atoms with Crippen LogP contribution in [0.3, 0.4) is 0 Å². The molecule has 1 aromatic carbocycles. The summed E-state index contributed by atoms with van der Waals surface area (Å²) in [5, 5.41) is 21.7. The second-order valence-electron chi connectivity index (χ2n) is 6.43. The van der Waals surface area contributed by atoms with E-state index < -0.39 is 6.10 Å². The van der Waals surface area contributed by atoms with E-state index in [1.165, 1.54) is 0 Å². The molecule has 1 saturated heterocycles. The molecule has 0 aliphatic carbocycles. The van der Waals surface area contributed by atoms with Crippen LogP contribution < -0.4 is 10.2 Å². The molecular formula is C19H26N4O2. The third-order valence-electron chi connectivity index (χ3n) is 4.37. The highest BCUT2D eigenvalue weighted by Gasteiger charge is 2.21. The number of aromatic nitrogens is 2. The van der Waals surface area contributed by atoms with E-state index in [1.54, 1.807) is 6.20 Å². The summed E-state index contributed by atoms with van der Waals surface area (Å²) in [5.74, 6) is 0.917. The fraction of sp³-hybridized carbons (Fsp3) is 0.474. The molecule has 2 N–H and O–H groups in total. The van der Waals surface area contributed by atoms with Crippen LogP contribution in [-0.2, 0) is 11.3 Å². The number of nitrogens with zero attached hydrogens (tertiary/aromatic N) is 3. The summed E-state index contributed by atoms with van der Waals surface area (Å²) >= 11 is 0. The number of aliphatic hydroxyl groups is 1. The van der Waals surface area contributed by atoms with Crippen molar-refractivity contribution in [2.45, 2.75) is 31.6 Å². The molecule has 25 heavy (non-hydrogen) atoms. The maximum atomic E-state index is 10.1. The molecule has 0 spiro atoms. The van der Waals surface area contributed by atoms with Gasteiger partial charge in [-0.05, 0) is 30.5 Å². The predicted octanol–water partition coefficient (Wildman–Crippen LogP) is 1.61. The molecule has 6 nitrogen and oxygen atoms in total. The van der Waals surface area contributed by atoms with Gasteiger partial charge in [0.15, 0.2) is 5.82 Å². The first-order valence-electron chi connectivity index (χ1n) is 8.87. The van der Waals surface area contributed by atoms with Gasteiger partial charge in [0.2, 0.25) is 0 Å². The summed E-state index contributed by atoms with van der Waals surface area (Å²) in [4.78, 5) is 2.24. The SMILES string of the molecule is OC(CNC1CCCN(c2cccnn2)C1)COCc1ccccc1. The maximum absolute atomic E-state index is 10.1. The van der Waals surface area contributed by atoms with Crippen molar-refractivity contribution in [3.63, 3.8) is 0 Å². The Bertz CT molecular complexity index is 611. The fourth-order valence-corrected chi connectivity index (χ4v) is 3.06. The van der Waals surface area contributed by atoms with Crippen molar-refractivity contribution in [2.75, 3.05) is 31.1 Å². The minimum atomic E-state index is -0.504. The van der Waals surface area contributed by atoms with Gasteiger partial charge < -0.3 is 20.1 Å². The van der Waals surface area contributed by atoms with Gasteiger partial charge in [-0.3, -0.25) is 0 Å². The van der Waals surface area contributed by atoms with Gasteiger partial charge in [0.1, 0.15) is 0 Å². The molecule has 2 heterocycles. The van der Waals surface area contributed by atoms with Crippen LogP contribution in [0.2, 0.25) is 0 Å². The van der Waals surface area contributed by atoms with Gasteiger partial charge in [-0.2, -0.15) is 5.10 Å². The van der Waals surface area contributed by atoms with Crippen LogP contribution in [0.15, 0.2) is 48.7 Å². The van der Waals surface area contributed by atoms with Crippen molar-refractivity contribution in [2.24, 2.45) is 0 Å². The topological polar surface area (TPSA) is 70.5 Å². The quantitative estimate of drug-likeness (QED) is 0.760. The number of aliphatic hydroxyl groups excluding tert-OH is 1. The van der Waals surface area contributed by atoms with E-state index in [4.69, 9.17) is 4.74 Å². The average Bonchev–Trinajstić information content (AvgIpc) is 2.68. The molecule has 1 aliphatic heterocycles. The first-order valence-corrected chi connectivity index (χ1v) is 8.87. The van der Waals surface area contributed by atoms with E-state index in [2.05, 4.69) is 20.4 Å².